The highest BCUT2D eigenvalue weighted by molar-refractivity contribution is 5.95. The highest BCUT2D eigenvalue weighted by atomic mass is 16.2. The minimum atomic E-state index is -0.546. The van der Waals surface area contributed by atoms with Crippen molar-refractivity contribution in [2.75, 3.05) is 5.32 Å². The summed E-state index contributed by atoms with van der Waals surface area (Å²) in [6.45, 7) is 6.57. The molecule has 0 fully saturated rings. The van der Waals surface area contributed by atoms with Gasteiger partial charge in [-0.15, -0.1) is 0 Å². The maximum Gasteiger partial charge on any atom is 0.241 e. The first-order valence-electron chi connectivity index (χ1n) is 6.97. The standard InChI is InChI=1S/C16H22N4O/c1-16(2,3)14(17)15(21)19-13-6-4-5-12(9-13)10-20-8-7-18-11-20/h4-9,11,14H,10,17H2,1-3H3,(H,19,21). The zero-order valence-corrected chi connectivity index (χ0v) is 12.7. The normalized spacial score (nSPS) is 13.0. The molecule has 3 N–H and O–H groups in total. The van der Waals surface area contributed by atoms with E-state index in [1.54, 1.807) is 12.5 Å². The molecule has 5 nitrogen and oxygen atoms in total. The number of nitrogens with one attached hydrogen (secondary N) is 1. The number of hydrogen-bond donors (Lipinski definition) is 2. The topological polar surface area (TPSA) is 72.9 Å². The average Bonchev–Trinajstić information content (AvgIpc) is 2.90. The SMILES string of the molecule is CC(C)(C)C(N)C(=O)Nc1cccc(Cn2ccnc2)c1. The number of aromatic nitrogens is 2. The summed E-state index contributed by atoms with van der Waals surface area (Å²) in [6, 6.07) is 7.21. The number of carbonyl (C=O) groups is 1. The molecule has 0 aliphatic rings. The van der Waals surface area contributed by atoms with E-state index in [2.05, 4.69) is 10.3 Å². The van der Waals surface area contributed by atoms with Crippen LogP contribution < -0.4 is 11.1 Å². The van der Waals surface area contributed by atoms with E-state index < -0.39 is 6.04 Å². The van der Waals surface area contributed by atoms with E-state index in [4.69, 9.17) is 5.73 Å². The number of nitrogens with zero attached hydrogens (tertiary/aromatic N) is 2. The molecular formula is C16H22N4O. The maximum atomic E-state index is 12.1. The molecule has 5 heteroatoms. The molecule has 2 rings (SSSR count). The van der Waals surface area contributed by atoms with Gasteiger partial charge in [-0.05, 0) is 23.1 Å². The number of imidazole rings is 1. The molecule has 1 amide bonds. The number of nitrogens with two attached hydrogens (primary N) is 1. The van der Waals surface area contributed by atoms with Gasteiger partial charge in [0, 0.05) is 24.6 Å². The monoisotopic (exact) mass is 286 g/mol. The molecule has 0 bridgehead atoms. The fraction of sp³-hybridized carbons (Fsp3) is 0.375. The second-order valence-electron chi connectivity index (χ2n) is 6.27. The third kappa shape index (κ3) is 4.16. The molecule has 1 aromatic heterocycles. The maximum absolute atomic E-state index is 12.1. The average molecular weight is 286 g/mol. The molecule has 0 aliphatic carbocycles. The second-order valence-corrected chi connectivity index (χ2v) is 6.27. The van der Waals surface area contributed by atoms with Crippen LogP contribution in [0.1, 0.15) is 26.3 Å². The molecule has 1 unspecified atom stereocenters. The summed E-state index contributed by atoms with van der Waals surface area (Å²) in [6.07, 6.45) is 5.41. The van der Waals surface area contributed by atoms with Crippen LogP contribution in [0.15, 0.2) is 43.0 Å². The van der Waals surface area contributed by atoms with Crippen molar-refractivity contribution in [2.45, 2.75) is 33.4 Å². The van der Waals surface area contributed by atoms with Gasteiger partial charge in [0.15, 0.2) is 0 Å². The summed E-state index contributed by atoms with van der Waals surface area (Å²) in [5.74, 6) is -0.165. The van der Waals surface area contributed by atoms with E-state index >= 15 is 0 Å². The van der Waals surface area contributed by atoms with Crippen LogP contribution >= 0.6 is 0 Å². The minimum Gasteiger partial charge on any atom is -0.333 e. The van der Waals surface area contributed by atoms with Crippen molar-refractivity contribution in [3.8, 4) is 0 Å². The van der Waals surface area contributed by atoms with Crippen molar-refractivity contribution in [3.05, 3.63) is 48.5 Å². The van der Waals surface area contributed by atoms with Crippen molar-refractivity contribution in [1.29, 1.82) is 0 Å². The van der Waals surface area contributed by atoms with Gasteiger partial charge in [-0.3, -0.25) is 4.79 Å². The molecule has 1 atom stereocenters. The Morgan fingerprint density at radius 3 is 2.81 bits per heavy atom. The molecule has 112 valence electrons. The van der Waals surface area contributed by atoms with Crippen molar-refractivity contribution in [2.24, 2.45) is 11.1 Å². The third-order valence-corrected chi connectivity index (χ3v) is 3.33. The van der Waals surface area contributed by atoms with E-state index in [1.807, 2.05) is 55.8 Å². The Bertz CT molecular complexity index is 599. The lowest BCUT2D eigenvalue weighted by atomic mass is 9.87. The highest BCUT2D eigenvalue weighted by Gasteiger charge is 2.27. The van der Waals surface area contributed by atoms with Gasteiger partial charge >= 0.3 is 0 Å². The summed E-state index contributed by atoms with van der Waals surface area (Å²) in [5.41, 5.74) is 7.55. The Kier molecular flexibility index (Phi) is 4.43. The van der Waals surface area contributed by atoms with Crippen molar-refractivity contribution >= 4 is 11.6 Å². The number of hydrogen-bond acceptors (Lipinski definition) is 3. The Morgan fingerprint density at radius 1 is 1.43 bits per heavy atom. The zero-order valence-electron chi connectivity index (χ0n) is 12.7. The fourth-order valence-corrected chi connectivity index (χ4v) is 1.95. The van der Waals surface area contributed by atoms with Crippen LogP contribution in [0.2, 0.25) is 0 Å². The Labute approximate surface area is 125 Å². The second kappa shape index (κ2) is 6.10. The van der Waals surface area contributed by atoms with Gasteiger partial charge in [-0.25, -0.2) is 4.98 Å². The van der Waals surface area contributed by atoms with Gasteiger partial charge in [0.2, 0.25) is 5.91 Å². The highest BCUT2D eigenvalue weighted by Crippen LogP contribution is 2.19. The lowest BCUT2D eigenvalue weighted by Gasteiger charge is -2.25. The number of rotatable bonds is 4. The van der Waals surface area contributed by atoms with Crippen LogP contribution in [-0.2, 0) is 11.3 Å². The quantitative estimate of drug-likeness (QED) is 0.905. The smallest absolute Gasteiger partial charge is 0.241 e. The van der Waals surface area contributed by atoms with Crippen LogP contribution in [0.3, 0.4) is 0 Å². The summed E-state index contributed by atoms with van der Waals surface area (Å²) in [7, 11) is 0. The Balaban J connectivity index is 2.06. The predicted molar refractivity (Wildman–Crippen MR) is 83.8 cm³/mol. The Morgan fingerprint density at radius 2 is 2.19 bits per heavy atom. The van der Waals surface area contributed by atoms with Crippen LogP contribution in [0.4, 0.5) is 5.69 Å². The van der Waals surface area contributed by atoms with Gasteiger partial charge in [0.25, 0.3) is 0 Å². The summed E-state index contributed by atoms with van der Waals surface area (Å²) >= 11 is 0. The van der Waals surface area contributed by atoms with Gasteiger partial charge in [0.1, 0.15) is 0 Å². The minimum absolute atomic E-state index is 0.165. The Hall–Kier alpha value is -2.14. The molecule has 21 heavy (non-hydrogen) atoms. The lowest BCUT2D eigenvalue weighted by Crippen LogP contribution is -2.45. The zero-order chi connectivity index (χ0) is 15.5. The molecule has 0 spiro atoms. The molecule has 0 aliphatic heterocycles. The van der Waals surface area contributed by atoms with Crippen molar-refractivity contribution < 1.29 is 4.79 Å². The molecule has 0 radical (unpaired) electrons. The molecule has 2 aromatic rings. The number of benzene rings is 1. The van der Waals surface area contributed by atoms with E-state index in [9.17, 15) is 4.79 Å². The predicted octanol–water partition coefficient (Wildman–Crippen LogP) is 2.24. The molecule has 0 saturated heterocycles. The first-order chi connectivity index (χ1) is 9.86. The van der Waals surface area contributed by atoms with Crippen LogP contribution in [-0.4, -0.2) is 21.5 Å². The van der Waals surface area contributed by atoms with E-state index in [-0.39, 0.29) is 11.3 Å². The van der Waals surface area contributed by atoms with Crippen molar-refractivity contribution in [1.82, 2.24) is 9.55 Å². The summed E-state index contributed by atoms with van der Waals surface area (Å²) in [5, 5.41) is 2.88. The van der Waals surface area contributed by atoms with E-state index in [0.29, 0.717) is 0 Å². The van der Waals surface area contributed by atoms with Gasteiger partial charge in [-0.1, -0.05) is 32.9 Å². The van der Waals surface area contributed by atoms with Gasteiger partial charge in [0.05, 0.1) is 12.4 Å². The summed E-state index contributed by atoms with van der Waals surface area (Å²) in [4.78, 5) is 16.2. The van der Waals surface area contributed by atoms with Crippen LogP contribution in [0.25, 0.3) is 0 Å². The lowest BCUT2D eigenvalue weighted by molar-refractivity contribution is -0.119. The van der Waals surface area contributed by atoms with Crippen molar-refractivity contribution in [3.63, 3.8) is 0 Å². The van der Waals surface area contributed by atoms with Gasteiger partial charge in [-0.2, -0.15) is 0 Å². The first-order valence-corrected chi connectivity index (χ1v) is 6.97. The van der Waals surface area contributed by atoms with Gasteiger partial charge < -0.3 is 15.6 Å². The fourth-order valence-electron chi connectivity index (χ4n) is 1.95. The van der Waals surface area contributed by atoms with Crippen LogP contribution in [0, 0.1) is 5.41 Å². The molecule has 1 aromatic carbocycles. The van der Waals surface area contributed by atoms with E-state index in [1.165, 1.54) is 0 Å². The number of amides is 1. The first kappa shape index (κ1) is 15.3. The number of carbonyl (C=O) groups excluding carboxylic acids is 1. The molecular weight excluding hydrogens is 264 g/mol. The largest absolute Gasteiger partial charge is 0.333 e. The molecule has 0 saturated carbocycles. The summed E-state index contributed by atoms with van der Waals surface area (Å²) < 4.78 is 1.97. The molecule has 1 heterocycles. The third-order valence-electron chi connectivity index (χ3n) is 3.33. The number of anilines is 1. The van der Waals surface area contributed by atoms with Crippen LogP contribution in [0.5, 0.6) is 0 Å². The van der Waals surface area contributed by atoms with E-state index in [0.717, 1.165) is 17.8 Å².